The molecule has 1 unspecified atom stereocenters. The lowest BCUT2D eigenvalue weighted by Crippen LogP contribution is -2.36. The van der Waals surface area contributed by atoms with Crippen LogP contribution in [0, 0.1) is 5.41 Å². The summed E-state index contributed by atoms with van der Waals surface area (Å²) in [4.78, 5) is 22.9. The van der Waals surface area contributed by atoms with Crippen LogP contribution in [0.3, 0.4) is 0 Å². The van der Waals surface area contributed by atoms with Crippen LogP contribution >= 0.6 is 0 Å². The zero-order valence-corrected chi connectivity index (χ0v) is 10.8. The summed E-state index contributed by atoms with van der Waals surface area (Å²) < 4.78 is 9.93. The van der Waals surface area contributed by atoms with E-state index in [1.165, 1.54) is 7.11 Å². The number of hydrogen-bond donors (Lipinski definition) is 0. The number of carbonyl (C=O) groups excluding carboxylic acids is 2. The first-order chi connectivity index (χ1) is 7.32. The van der Waals surface area contributed by atoms with Gasteiger partial charge in [-0.05, 0) is 12.3 Å². The van der Waals surface area contributed by atoms with Crippen molar-refractivity contribution in [2.75, 3.05) is 13.7 Å². The largest absolute Gasteiger partial charge is 0.466 e. The summed E-state index contributed by atoms with van der Waals surface area (Å²) in [6.45, 7) is 7.89. The van der Waals surface area contributed by atoms with Crippen LogP contribution in [0.2, 0.25) is 0 Å². The molecule has 0 aromatic heterocycles. The molecule has 0 aliphatic carbocycles. The van der Waals surface area contributed by atoms with Crippen LogP contribution in [0.25, 0.3) is 0 Å². The van der Waals surface area contributed by atoms with Crippen LogP contribution in [-0.4, -0.2) is 31.6 Å². The molecule has 4 heteroatoms. The molecule has 0 saturated carbocycles. The molecule has 0 amide bonds. The lowest BCUT2D eigenvalue weighted by molar-refractivity contribution is -0.146. The first-order valence-corrected chi connectivity index (χ1v) is 5.54. The number of rotatable bonds is 6. The number of methoxy groups -OCH3 is 1. The van der Waals surface area contributed by atoms with Crippen molar-refractivity contribution in [3.63, 3.8) is 0 Å². The second kappa shape index (κ2) is 6.63. The van der Waals surface area contributed by atoms with Crippen molar-refractivity contribution in [1.29, 1.82) is 0 Å². The van der Waals surface area contributed by atoms with Crippen molar-refractivity contribution < 1.29 is 19.1 Å². The van der Waals surface area contributed by atoms with E-state index in [9.17, 15) is 9.59 Å². The molecule has 0 bridgehead atoms. The highest BCUT2D eigenvalue weighted by atomic mass is 16.5. The van der Waals surface area contributed by atoms with Gasteiger partial charge in [-0.3, -0.25) is 9.59 Å². The van der Waals surface area contributed by atoms with E-state index in [4.69, 9.17) is 9.47 Å². The van der Waals surface area contributed by atoms with Crippen LogP contribution in [0.1, 0.15) is 40.5 Å². The number of Topliss-reactive ketones (excluding diaryl/α,β-unsaturated/α-hetero) is 1. The van der Waals surface area contributed by atoms with Crippen molar-refractivity contribution in [1.82, 2.24) is 0 Å². The van der Waals surface area contributed by atoms with Gasteiger partial charge in [-0.15, -0.1) is 0 Å². The Balaban J connectivity index is 4.19. The second-order valence-corrected chi connectivity index (χ2v) is 4.75. The number of esters is 1. The third-order valence-electron chi connectivity index (χ3n) is 2.20. The normalized spacial score (nSPS) is 13.3. The molecule has 0 aromatic rings. The van der Waals surface area contributed by atoms with Gasteiger partial charge in [0.25, 0.3) is 0 Å². The Kier molecular flexibility index (Phi) is 6.26. The highest BCUT2D eigenvalue weighted by Crippen LogP contribution is 2.23. The fourth-order valence-corrected chi connectivity index (χ4v) is 1.56. The summed E-state index contributed by atoms with van der Waals surface area (Å²) >= 11 is 0. The van der Waals surface area contributed by atoms with E-state index < -0.39 is 6.10 Å². The van der Waals surface area contributed by atoms with Crippen LogP contribution in [0.5, 0.6) is 0 Å². The third-order valence-corrected chi connectivity index (χ3v) is 2.20. The molecule has 16 heavy (non-hydrogen) atoms. The second-order valence-electron chi connectivity index (χ2n) is 4.75. The maximum atomic E-state index is 11.8. The molecular formula is C12H22O4. The van der Waals surface area contributed by atoms with E-state index in [1.807, 2.05) is 20.8 Å². The molecular weight excluding hydrogens is 208 g/mol. The SMILES string of the molecule is CCOC(=O)CCC(=O)C(OC)C(C)(C)C. The van der Waals surface area contributed by atoms with Crippen LogP contribution in [-0.2, 0) is 19.1 Å². The van der Waals surface area contributed by atoms with Crippen molar-refractivity contribution in [2.45, 2.75) is 46.6 Å². The minimum Gasteiger partial charge on any atom is -0.466 e. The monoisotopic (exact) mass is 230 g/mol. The minimum atomic E-state index is -0.470. The molecule has 0 fully saturated rings. The maximum Gasteiger partial charge on any atom is 0.306 e. The van der Waals surface area contributed by atoms with Gasteiger partial charge in [-0.2, -0.15) is 0 Å². The zero-order chi connectivity index (χ0) is 12.8. The van der Waals surface area contributed by atoms with Gasteiger partial charge in [0, 0.05) is 13.5 Å². The summed E-state index contributed by atoms with van der Waals surface area (Å²) in [6.07, 6.45) is -0.168. The molecule has 0 radical (unpaired) electrons. The molecule has 94 valence electrons. The standard InChI is InChI=1S/C12H22O4/c1-6-16-10(14)8-7-9(13)11(15-5)12(2,3)4/h11H,6-8H2,1-5H3. The van der Waals surface area contributed by atoms with Gasteiger partial charge < -0.3 is 9.47 Å². The van der Waals surface area contributed by atoms with Crippen molar-refractivity contribution in [3.05, 3.63) is 0 Å². The lowest BCUT2D eigenvalue weighted by Gasteiger charge is -2.27. The van der Waals surface area contributed by atoms with E-state index in [0.717, 1.165) is 0 Å². The van der Waals surface area contributed by atoms with E-state index in [2.05, 4.69) is 0 Å². The quantitative estimate of drug-likeness (QED) is 0.654. The highest BCUT2D eigenvalue weighted by molar-refractivity contribution is 5.86. The summed E-state index contributed by atoms with van der Waals surface area (Å²) in [5, 5.41) is 0. The van der Waals surface area contributed by atoms with Crippen LogP contribution in [0.4, 0.5) is 0 Å². The summed E-state index contributed by atoms with van der Waals surface area (Å²) in [5.74, 6) is -0.386. The van der Waals surface area contributed by atoms with E-state index >= 15 is 0 Å². The van der Waals surface area contributed by atoms with Crippen LogP contribution in [0.15, 0.2) is 0 Å². The third kappa shape index (κ3) is 5.26. The fourth-order valence-electron chi connectivity index (χ4n) is 1.56. The molecule has 0 N–H and O–H groups in total. The smallest absolute Gasteiger partial charge is 0.306 e. The molecule has 0 aliphatic rings. The predicted molar refractivity (Wildman–Crippen MR) is 61.1 cm³/mol. The van der Waals surface area contributed by atoms with Gasteiger partial charge in [0.1, 0.15) is 6.10 Å². The van der Waals surface area contributed by atoms with Gasteiger partial charge in [-0.1, -0.05) is 20.8 Å². The Bertz CT molecular complexity index is 240. The Morgan fingerprint density at radius 3 is 2.12 bits per heavy atom. The molecule has 1 atom stereocenters. The van der Waals surface area contributed by atoms with E-state index in [-0.39, 0.29) is 30.0 Å². The van der Waals surface area contributed by atoms with Gasteiger partial charge in [0.15, 0.2) is 5.78 Å². The van der Waals surface area contributed by atoms with Gasteiger partial charge >= 0.3 is 5.97 Å². The summed E-state index contributed by atoms with van der Waals surface area (Å²) in [6, 6.07) is 0. The zero-order valence-electron chi connectivity index (χ0n) is 10.8. The highest BCUT2D eigenvalue weighted by Gasteiger charge is 2.30. The van der Waals surface area contributed by atoms with E-state index in [0.29, 0.717) is 6.61 Å². The van der Waals surface area contributed by atoms with E-state index in [1.54, 1.807) is 6.92 Å². The molecule has 0 aliphatic heterocycles. The Morgan fingerprint density at radius 1 is 1.19 bits per heavy atom. The predicted octanol–water partition coefficient (Wildman–Crippen LogP) is 1.96. The van der Waals surface area contributed by atoms with Crippen LogP contribution < -0.4 is 0 Å². The Hall–Kier alpha value is -0.900. The van der Waals surface area contributed by atoms with Crippen molar-refractivity contribution >= 4 is 11.8 Å². The molecule has 0 aromatic carbocycles. The Morgan fingerprint density at radius 2 is 1.75 bits per heavy atom. The average Bonchev–Trinajstić information content (AvgIpc) is 2.14. The first-order valence-electron chi connectivity index (χ1n) is 5.54. The number of ketones is 1. The molecule has 4 nitrogen and oxygen atoms in total. The van der Waals surface area contributed by atoms with Crippen molar-refractivity contribution in [3.8, 4) is 0 Å². The van der Waals surface area contributed by atoms with Gasteiger partial charge in [0.05, 0.1) is 13.0 Å². The molecule has 0 heterocycles. The average molecular weight is 230 g/mol. The number of hydrogen-bond acceptors (Lipinski definition) is 4. The molecule has 0 spiro atoms. The molecule has 0 rings (SSSR count). The van der Waals surface area contributed by atoms with Gasteiger partial charge in [-0.25, -0.2) is 0 Å². The minimum absolute atomic E-state index is 0.0527. The summed E-state index contributed by atoms with van der Waals surface area (Å²) in [7, 11) is 1.51. The van der Waals surface area contributed by atoms with Crippen molar-refractivity contribution in [2.24, 2.45) is 5.41 Å². The first kappa shape index (κ1) is 15.1. The summed E-state index contributed by atoms with van der Waals surface area (Å²) in [5.41, 5.74) is -0.250. The molecule has 0 saturated heterocycles. The Labute approximate surface area is 97.3 Å². The lowest BCUT2D eigenvalue weighted by atomic mass is 9.85. The maximum absolute atomic E-state index is 11.8. The topological polar surface area (TPSA) is 52.6 Å². The fraction of sp³-hybridized carbons (Fsp3) is 0.833. The number of ether oxygens (including phenoxy) is 2. The van der Waals surface area contributed by atoms with Gasteiger partial charge in [0.2, 0.25) is 0 Å². The number of carbonyl (C=O) groups is 2.